The first-order valence-corrected chi connectivity index (χ1v) is 8.91. The summed E-state index contributed by atoms with van der Waals surface area (Å²) in [6.45, 7) is 2.43. The van der Waals surface area contributed by atoms with Gasteiger partial charge in [0.1, 0.15) is 0 Å². The Morgan fingerprint density at radius 1 is 1.08 bits per heavy atom. The van der Waals surface area contributed by atoms with Gasteiger partial charge in [-0.25, -0.2) is 0 Å². The summed E-state index contributed by atoms with van der Waals surface area (Å²) in [7, 11) is 0. The van der Waals surface area contributed by atoms with Crippen molar-refractivity contribution in [2.75, 3.05) is 0 Å². The number of fused-ring (bicyclic) bond motifs is 1. The number of nitrogens with one attached hydrogen (secondary N) is 2. The van der Waals surface area contributed by atoms with Crippen LogP contribution in [-0.2, 0) is 24.4 Å². The average Bonchev–Trinajstić information content (AvgIpc) is 3.22. The lowest BCUT2D eigenvalue weighted by molar-refractivity contribution is -0.122. The Bertz CT molecular complexity index is 786. The van der Waals surface area contributed by atoms with Crippen molar-refractivity contribution >= 4 is 29.1 Å². The van der Waals surface area contributed by atoms with E-state index < -0.39 is 0 Å². The molecule has 1 fully saturated rings. The van der Waals surface area contributed by atoms with Crippen LogP contribution in [0.5, 0.6) is 0 Å². The molecule has 2 aliphatic rings. The number of benzene rings is 2. The Labute approximate surface area is 151 Å². The van der Waals surface area contributed by atoms with Gasteiger partial charge in [0.05, 0.1) is 0 Å². The summed E-state index contributed by atoms with van der Waals surface area (Å²) in [5, 5.41) is 7.63. The molecule has 4 rings (SSSR count). The lowest BCUT2D eigenvalue weighted by atomic mass is 10.1. The molecule has 1 saturated carbocycles. The molecule has 0 spiro atoms. The van der Waals surface area contributed by atoms with E-state index in [1.165, 1.54) is 11.1 Å². The fourth-order valence-electron chi connectivity index (χ4n) is 3.42. The van der Waals surface area contributed by atoms with Gasteiger partial charge in [-0.2, -0.15) is 0 Å². The predicted octanol–water partition coefficient (Wildman–Crippen LogP) is 4.02. The lowest BCUT2D eigenvalue weighted by Gasteiger charge is -2.07. The van der Waals surface area contributed by atoms with Crippen molar-refractivity contribution in [2.24, 2.45) is 5.92 Å². The summed E-state index contributed by atoms with van der Waals surface area (Å²) >= 11 is 12.1. The number of amides is 1. The molecule has 24 heavy (non-hydrogen) atoms. The molecule has 2 aromatic carbocycles. The van der Waals surface area contributed by atoms with E-state index in [-0.39, 0.29) is 17.7 Å². The maximum Gasteiger partial charge on any atom is 0.224 e. The van der Waals surface area contributed by atoms with Gasteiger partial charge in [-0.1, -0.05) is 41.4 Å². The SMILES string of the molecule is O=C(NCc1ccc2c(c1)CNC2)C1CC1c1cc(Cl)cc(Cl)c1. The normalized spacial score (nSPS) is 21.4. The number of hydrogen-bond acceptors (Lipinski definition) is 2. The highest BCUT2D eigenvalue weighted by molar-refractivity contribution is 6.34. The van der Waals surface area contributed by atoms with Crippen molar-refractivity contribution in [3.05, 3.63) is 68.7 Å². The van der Waals surface area contributed by atoms with Gasteiger partial charge >= 0.3 is 0 Å². The molecule has 0 radical (unpaired) electrons. The Morgan fingerprint density at radius 3 is 2.62 bits per heavy atom. The van der Waals surface area contributed by atoms with Crippen LogP contribution in [0.25, 0.3) is 0 Å². The minimum absolute atomic E-state index is 0.0237. The Morgan fingerprint density at radius 2 is 1.83 bits per heavy atom. The van der Waals surface area contributed by atoms with Crippen LogP contribution in [-0.4, -0.2) is 5.91 Å². The van der Waals surface area contributed by atoms with Crippen molar-refractivity contribution in [1.29, 1.82) is 0 Å². The second-order valence-corrected chi connectivity index (χ2v) is 7.45. The third-order valence-electron chi connectivity index (χ3n) is 4.81. The highest BCUT2D eigenvalue weighted by atomic mass is 35.5. The number of hydrogen-bond donors (Lipinski definition) is 2. The first kappa shape index (κ1) is 15.9. The zero-order valence-corrected chi connectivity index (χ0v) is 14.6. The molecule has 1 heterocycles. The van der Waals surface area contributed by atoms with Crippen LogP contribution in [0.3, 0.4) is 0 Å². The summed E-state index contributed by atoms with van der Waals surface area (Å²) < 4.78 is 0. The highest BCUT2D eigenvalue weighted by Gasteiger charge is 2.44. The summed E-state index contributed by atoms with van der Waals surface area (Å²) in [6, 6.07) is 11.9. The average molecular weight is 361 g/mol. The Hall–Kier alpha value is -1.55. The van der Waals surface area contributed by atoms with Gasteiger partial charge in [0.15, 0.2) is 0 Å². The van der Waals surface area contributed by atoms with Gasteiger partial charge in [-0.15, -0.1) is 0 Å². The molecular formula is C19H18Cl2N2O. The number of rotatable bonds is 4. The van der Waals surface area contributed by atoms with E-state index in [0.717, 1.165) is 30.6 Å². The van der Waals surface area contributed by atoms with Crippen LogP contribution in [0.4, 0.5) is 0 Å². The number of carbonyl (C=O) groups is 1. The van der Waals surface area contributed by atoms with E-state index in [1.807, 2.05) is 12.1 Å². The van der Waals surface area contributed by atoms with Crippen LogP contribution in [0.15, 0.2) is 36.4 Å². The second kappa shape index (κ2) is 6.40. The van der Waals surface area contributed by atoms with Crippen LogP contribution < -0.4 is 10.6 Å². The van der Waals surface area contributed by atoms with Crippen LogP contribution in [0.1, 0.15) is 34.6 Å². The fourth-order valence-corrected chi connectivity index (χ4v) is 3.96. The molecule has 2 aromatic rings. The van der Waals surface area contributed by atoms with E-state index in [9.17, 15) is 4.79 Å². The molecule has 0 bridgehead atoms. The topological polar surface area (TPSA) is 41.1 Å². The van der Waals surface area contributed by atoms with Gasteiger partial charge in [-0.05, 0) is 52.8 Å². The van der Waals surface area contributed by atoms with Gasteiger partial charge in [0, 0.05) is 35.6 Å². The minimum Gasteiger partial charge on any atom is -0.352 e. The van der Waals surface area contributed by atoms with E-state index in [0.29, 0.717) is 16.6 Å². The molecular weight excluding hydrogens is 343 g/mol. The quantitative estimate of drug-likeness (QED) is 0.864. The molecule has 3 nitrogen and oxygen atoms in total. The molecule has 0 aromatic heterocycles. The summed E-state index contributed by atoms with van der Waals surface area (Å²) in [6.07, 6.45) is 0.858. The molecule has 5 heteroatoms. The molecule has 1 aliphatic carbocycles. The van der Waals surface area contributed by atoms with E-state index in [4.69, 9.17) is 23.2 Å². The molecule has 124 valence electrons. The zero-order valence-electron chi connectivity index (χ0n) is 13.1. The summed E-state index contributed by atoms with van der Waals surface area (Å²) in [5.41, 5.74) is 4.88. The molecule has 1 amide bonds. The number of carbonyl (C=O) groups excluding carboxylic acids is 1. The van der Waals surface area contributed by atoms with Crippen molar-refractivity contribution in [1.82, 2.24) is 10.6 Å². The monoisotopic (exact) mass is 360 g/mol. The highest BCUT2D eigenvalue weighted by Crippen LogP contribution is 2.48. The van der Waals surface area contributed by atoms with Crippen molar-refractivity contribution in [2.45, 2.75) is 32.0 Å². The minimum atomic E-state index is 0.0237. The van der Waals surface area contributed by atoms with Crippen molar-refractivity contribution < 1.29 is 4.79 Å². The maximum atomic E-state index is 12.4. The standard InChI is InChI=1S/C19H18Cl2N2O/c20-15-4-13(5-16(21)6-15)17-7-18(17)19(24)23-8-11-1-2-12-9-22-10-14(12)3-11/h1-6,17-18,22H,7-10H2,(H,23,24). The van der Waals surface area contributed by atoms with Crippen molar-refractivity contribution in [3.63, 3.8) is 0 Å². The van der Waals surface area contributed by atoms with Gasteiger partial charge in [0.25, 0.3) is 0 Å². The molecule has 2 atom stereocenters. The predicted molar refractivity (Wildman–Crippen MR) is 96.1 cm³/mol. The third kappa shape index (κ3) is 3.30. The molecule has 2 N–H and O–H groups in total. The first-order valence-electron chi connectivity index (χ1n) is 8.15. The van der Waals surface area contributed by atoms with Crippen LogP contribution in [0, 0.1) is 5.92 Å². The first-order chi connectivity index (χ1) is 11.6. The van der Waals surface area contributed by atoms with Gasteiger partial charge in [0.2, 0.25) is 5.91 Å². The van der Waals surface area contributed by atoms with E-state index >= 15 is 0 Å². The smallest absolute Gasteiger partial charge is 0.224 e. The molecule has 2 unspecified atom stereocenters. The molecule has 1 aliphatic heterocycles. The van der Waals surface area contributed by atoms with Gasteiger partial charge in [-0.3, -0.25) is 4.79 Å². The van der Waals surface area contributed by atoms with Crippen molar-refractivity contribution in [3.8, 4) is 0 Å². The second-order valence-electron chi connectivity index (χ2n) is 6.58. The Kier molecular flexibility index (Phi) is 4.25. The summed E-state index contributed by atoms with van der Waals surface area (Å²) in [4.78, 5) is 12.4. The largest absolute Gasteiger partial charge is 0.352 e. The van der Waals surface area contributed by atoms with E-state index in [1.54, 1.807) is 6.07 Å². The lowest BCUT2D eigenvalue weighted by Crippen LogP contribution is -2.24. The fraction of sp³-hybridized carbons (Fsp3) is 0.316. The maximum absolute atomic E-state index is 12.4. The van der Waals surface area contributed by atoms with E-state index in [2.05, 4.69) is 28.8 Å². The number of halogens is 2. The Balaban J connectivity index is 1.36. The van der Waals surface area contributed by atoms with Crippen LogP contribution in [0.2, 0.25) is 10.0 Å². The van der Waals surface area contributed by atoms with Crippen LogP contribution >= 0.6 is 23.2 Å². The van der Waals surface area contributed by atoms with Gasteiger partial charge < -0.3 is 10.6 Å². The molecule has 0 saturated heterocycles. The third-order valence-corrected chi connectivity index (χ3v) is 5.25. The zero-order chi connectivity index (χ0) is 16.7. The summed E-state index contributed by atoms with van der Waals surface area (Å²) in [5.74, 6) is 0.357.